The first kappa shape index (κ1) is 18.7. The van der Waals surface area contributed by atoms with Gasteiger partial charge in [-0.25, -0.2) is 0 Å². The van der Waals surface area contributed by atoms with Gasteiger partial charge in [-0.1, -0.05) is 0 Å². The SMILES string of the molecule is CN=C(NCC1CN2CCN1CC2)N1CCN(C(C)C(F)(F)F)CC1. The average Bonchev–Trinajstić information content (AvgIpc) is 2.62. The fourth-order valence-corrected chi connectivity index (χ4v) is 3.99. The van der Waals surface area contributed by atoms with Gasteiger partial charge < -0.3 is 10.2 Å². The molecule has 0 radical (unpaired) electrons. The second kappa shape index (κ2) is 7.67. The van der Waals surface area contributed by atoms with Gasteiger partial charge in [0, 0.05) is 78.5 Å². The van der Waals surface area contributed by atoms with Crippen LogP contribution in [0.2, 0.25) is 0 Å². The van der Waals surface area contributed by atoms with Gasteiger partial charge in [0.25, 0.3) is 0 Å². The summed E-state index contributed by atoms with van der Waals surface area (Å²) < 4.78 is 38.6. The number of rotatable bonds is 3. The zero-order valence-corrected chi connectivity index (χ0v) is 15.1. The Balaban J connectivity index is 1.46. The smallest absolute Gasteiger partial charge is 0.355 e. The number of guanidine groups is 1. The highest BCUT2D eigenvalue weighted by Crippen LogP contribution is 2.25. The minimum Gasteiger partial charge on any atom is -0.355 e. The molecule has 4 rings (SSSR count). The summed E-state index contributed by atoms with van der Waals surface area (Å²) in [6, 6.07) is -0.893. The van der Waals surface area contributed by atoms with Crippen molar-refractivity contribution in [3.05, 3.63) is 0 Å². The van der Waals surface area contributed by atoms with Crippen LogP contribution in [0.1, 0.15) is 6.92 Å². The van der Waals surface area contributed by atoms with E-state index >= 15 is 0 Å². The van der Waals surface area contributed by atoms with Crippen LogP contribution in [0.15, 0.2) is 4.99 Å². The lowest BCUT2D eigenvalue weighted by molar-refractivity contribution is -0.181. The molecule has 0 aromatic rings. The zero-order valence-electron chi connectivity index (χ0n) is 15.1. The molecule has 0 spiro atoms. The van der Waals surface area contributed by atoms with Crippen molar-refractivity contribution in [1.82, 2.24) is 24.9 Å². The van der Waals surface area contributed by atoms with Crippen molar-refractivity contribution in [3.8, 4) is 0 Å². The van der Waals surface area contributed by atoms with E-state index in [1.165, 1.54) is 11.8 Å². The Labute approximate surface area is 147 Å². The summed E-state index contributed by atoms with van der Waals surface area (Å²) >= 11 is 0. The molecule has 2 bridgehead atoms. The summed E-state index contributed by atoms with van der Waals surface area (Å²) in [6.07, 6.45) is -4.16. The Hall–Kier alpha value is -1.06. The standard InChI is InChI=1S/C16H29F3N6/c1-13(16(17,18)19)23-7-9-25(10-8-23)15(20-2)21-11-14-12-22-3-5-24(14)6-4-22/h13-14H,3-12H2,1-2H3,(H,20,21). The molecule has 2 unspecified atom stereocenters. The van der Waals surface area contributed by atoms with E-state index in [9.17, 15) is 13.2 Å². The molecule has 25 heavy (non-hydrogen) atoms. The molecule has 4 aliphatic rings. The summed E-state index contributed by atoms with van der Waals surface area (Å²) in [4.78, 5) is 12.9. The Morgan fingerprint density at radius 1 is 1.08 bits per heavy atom. The molecule has 9 heteroatoms. The van der Waals surface area contributed by atoms with E-state index in [2.05, 4.69) is 25.0 Å². The average molecular weight is 362 g/mol. The highest BCUT2D eigenvalue weighted by molar-refractivity contribution is 5.80. The van der Waals surface area contributed by atoms with Crippen LogP contribution >= 0.6 is 0 Å². The highest BCUT2D eigenvalue weighted by atomic mass is 19.4. The maximum absolute atomic E-state index is 12.9. The van der Waals surface area contributed by atoms with Crippen LogP contribution in [0.25, 0.3) is 0 Å². The van der Waals surface area contributed by atoms with Crippen LogP contribution in [-0.2, 0) is 0 Å². The van der Waals surface area contributed by atoms with Crippen LogP contribution in [-0.4, -0.2) is 116 Å². The number of halogens is 3. The monoisotopic (exact) mass is 362 g/mol. The molecule has 0 amide bonds. The lowest BCUT2D eigenvalue weighted by Gasteiger charge is -2.48. The molecule has 0 aliphatic carbocycles. The minimum atomic E-state index is -4.16. The summed E-state index contributed by atoms with van der Waals surface area (Å²) in [5, 5.41) is 3.43. The fraction of sp³-hybridized carbons (Fsp3) is 0.938. The van der Waals surface area contributed by atoms with Gasteiger partial charge in [0.2, 0.25) is 0 Å². The summed E-state index contributed by atoms with van der Waals surface area (Å²) in [5.74, 6) is 0.803. The van der Waals surface area contributed by atoms with Crippen molar-refractivity contribution in [2.45, 2.75) is 25.2 Å². The summed E-state index contributed by atoms with van der Waals surface area (Å²) in [7, 11) is 1.74. The number of nitrogens with zero attached hydrogens (tertiary/aromatic N) is 5. The van der Waals surface area contributed by atoms with Gasteiger partial charge in [-0.15, -0.1) is 0 Å². The molecule has 1 N–H and O–H groups in total. The van der Waals surface area contributed by atoms with Crippen molar-refractivity contribution >= 4 is 5.96 Å². The number of hydrogen-bond donors (Lipinski definition) is 1. The predicted octanol–water partition coefficient (Wildman–Crippen LogP) is 0.130. The van der Waals surface area contributed by atoms with Crippen LogP contribution < -0.4 is 5.32 Å². The van der Waals surface area contributed by atoms with E-state index in [1.807, 2.05) is 0 Å². The van der Waals surface area contributed by atoms with E-state index in [1.54, 1.807) is 7.05 Å². The van der Waals surface area contributed by atoms with Gasteiger partial charge in [-0.3, -0.25) is 19.7 Å². The first-order valence-electron chi connectivity index (χ1n) is 9.11. The number of aliphatic imine (C=N–C) groups is 1. The van der Waals surface area contributed by atoms with Crippen molar-refractivity contribution < 1.29 is 13.2 Å². The third kappa shape index (κ3) is 4.38. The molecular formula is C16H29F3N6. The second-order valence-electron chi connectivity index (χ2n) is 7.16. The van der Waals surface area contributed by atoms with Crippen molar-refractivity contribution in [1.29, 1.82) is 0 Å². The maximum atomic E-state index is 12.9. The lowest BCUT2D eigenvalue weighted by Crippen LogP contribution is -2.64. The molecule has 0 aromatic carbocycles. The number of piperazine rings is 4. The van der Waals surface area contributed by atoms with Gasteiger partial charge in [0.1, 0.15) is 6.04 Å². The molecule has 0 aromatic heterocycles. The number of nitrogens with one attached hydrogen (secondary N) is 1. The van der Waals surface area contributed by atoms with E-state index in [-0.39, 0.29) is 0 Å². The number of alkyl halides is 3. The first-order valence-corrected chi connectivity index (χ1v) is 9.11. The van der Waals surface area contributed by atoms with Crippen LogP contribution in [0, 0.1) is 0 Å². The molecule has 144 valence electrons. The maximum Gasteiger partial charge on any atom is 0.403 e. The quantitative estimate of drug-likeness (QED) is 0.571. The fourth-order valence-electron chi connectivity index (χ4n) is 3.99. The molecular weight excluding hydrogens is 333 g/mol. The molecule has 0 saturated carbocycles. The van der Waals surface area contributed by atoms with E-state index in [0.29, 0.717) is 32.2 Å². The minimum absolute atomic E-state index is 0.407. The summed E-state index contributed by atoms with van der Waals surface area (Å²) in [6.45, 7) is 9.68. The van der Waals surface area contributed by atoms with Gasteiger partial charge in [0.15, 0.2) is 5.96 Å². The Morgan fingerprint density at radius 3 is 2.20 bits per heavy atom. The molecule has 2 atom stereocenters. The van der Waals surface area contributed by atoms with E-state index < -0.39 is 12.2 Å². The second-order valence-corrected chi connectivity index (χ2v) is 7.16. The molecule has 4 heterocycles. The number of hydrogen-bond acceptors (Lipinski definition) is 4. The first-order chi connectivity index (χ1) is 11.9. The molecule has 4 saturated heterocycles. The third-order valence-electron chi connectivity index (χ3n) is 5.74. The topological polar surface area (TPSA) is 37.4 Å². The van der Waals surface area contributed by atoms with Gasteiger partial charge >= 0.3 is 6.18 Å². The molecule has 4 fully saturated rings. The van der Waals surface area contributed by atoms with E-state index in [0.717, 1.165) is 45.2 Å². The van der Waals surface area contributed by atoms with Crippen molar-refractivity contribution in [2.24, 2.45) is 4.99 Å². The Bertz CT molecular complexity index is 467. The Kier molecular flexibility index (Phi) is 5.75. The van der Waals surface area contributed by atoms with Gasteiger partial charge in [-0.05, 0) is 6.92 Å². The molecule has 4 aliphatic heterocycles. The van der Waals surface area contributed by atoms with Crippen LogP contribution in [0.4, 0.5) is 13.2 Å². The van der Waals surface area contributed by atoms with Crippen molar-refractivity contribution in [2.75, 3.05) is 72.5 Å². The van der Waals surface area contributed by atoms with E-state index in [4.69, 9.17) is 0 Å². The zero-order chi connectivity index (χ0) is 18.0. The van der Waals surface area contributed by atoms with Crippen LogP contribution in [0.3, 0.4) is 0 Å². The van der Waals surface area contributed by atoms with Crippen LogP contribution in [0.5, 0.6) is 0 Å². The number of fused-ring (bicyclic) bond motifs is 3. The lowest BCUT2D eigenvalue weighted by atomic mass is 10.1. The normalized spacial score (nSPS) is 32.8. The van der Waals surface area contributed by atoms with Gasteiger partial charge in [0.05, 0.1) is 0 Å². The highest BCUT2D eigenvalue weighted by Gasteiger charge is 2.41. The molecule has 6 nitrogen and oxygen atoms in total. The van der Waals surface area contributed by atoms with Crippen molar-refractivity contribution in [3.63, 3.8) is 0 Å². The summed E-state index contributed by atoms with van der Waals surface area (Å²) in [5.41, 5.74) is 0. The predicted molar refractivity (Wildman–Crippen MR) is 91.8 cm³/mol. The Morgan fingerprint density at radius 2 is 1.72 bits per heavy atom. The van der Waals surface area contributed by atoms with Gasteiger partial charge in [-0.2, -0.15) is 13.2 Å². The third-order valence-corrected chi connectivity index (χ3v) is 5.74. The largest absolute Gasteiger partial charge is 0.403 e.